The zero-order valence-corrected chi connectivity index (χ0v) is 22.6. The quantitative estimate of drug-likeness (QED) is 0.305. The van der Waals surface area contributed by atoms with Crippen molar-refractivity contribution < 1.29 is 9.30 Å². The minimum Gasteiger partial charge on any atom is -0.480 e. The topological polar surface area (TPSA) is 90.6 Å². The van der Waals surface area contributed by atoms with Crippen LogP contribution in [0, 0.1) is 13.8 Å². The van der Waals surface area contributed by atoms with Crippen molar-refractivity contribution in [1.82, 2.24) is 29.8 Å². The molecular formula is C27H31N6O2P. The highest BCUT2D eigenvalue weighted by Crippen LogP contribution is 2.38. The van der Waals surface area contributed by atoms with E-state index in [0.717, 1.165) is 50.1 Å². The van der Waals surface area contributed by atoms with E-state index in [2.05, 4.69) is 37.0 Å². The first-order valence-corrected chi connectivity index (χ1v) is 14.5. The SMILES string of the molecule is COc1[nH]ncc1-n1cc2c(-c3nn(-c4ccc(P(C)(C)=O)cc4C)c(C)c3C(C)C)cccc2n1. The Balaban J connectivity index is 1.70. The van der Waals surface area contributed by atoms with Gasteiger partial charge in [-0.25, -0.2) is 14.5 Å². The van der Waals surface area contributed by atoms with Gasteiger partial charge in [0.15, 0.2) is 0 Å². The molecule has 0 amide bonds. The first-order valence-electron chi connectivity index (χ1n) is 11.9. The van der Waals surface area contributed by atoms with E-state index in [0.29, 0.717) is 5.88 Å². The fourth-order valence-corrected chi connectivity index (χ4v) is 5.74. The van der Waals surface area contributed by atoms with Gasteiger partial charge in [0, 0.05) is 33.7 Å². The van der Waals surface area contributed by atoms with Gasteiger partial charge in [-0.1, -0.05) is 26.0 Å². The Hall–Kier alpha value is -3.64. The van der Waals surface area contributed by atoms with E-state index >= 15 is 0 Å². The minimum absolute atomic E-state index is 0.263. The molecular weight excluding hydrogens is 471 g/mol. The second kappa shape index (κ2) is 8.79. The highest BCUT2D eigenvalue weighted by atomic mass is 31.2. The lowest BCUT2D eigenvalue weighted by Crippen LogP contribution is -2.08. The van der Waals surface area contributed by atoms with Gasteiger partial charge in [0.1, 0.15) is 12.8 Å². The highest BCUT2D eigenvalue weighted by molar-refractivity contribution is 7.70. The molecule has 3 aromatic heterocycles. The summed E-state index contributed by atoms with van der Waals surface area (Å²) in [5.41, 5.74) is 7.87. The van der Waals surface area contributed by atoms with E-state index in [4.69, 9.17) is 14.9 Å². The maximum atomic E-state index is 12.6. The number of H-pyrrole nitrogens is 1. The van der Waals surface area contributed by atoms with E-state index in [1.807, 2.05) is 48.1 Å². The summed E-state index contributed by atoms with van der Waals surface area (Å²) in [7, 11) is -0.741. The molecule has 0 spiro atoms. The Labute approximate surface area is 210 Å². The second-order valence-corrected chi connectivity index (χ2v) is 13.1. The number of aromatic nitrogens is 6. The average molecular weight is 503 g/mol. The predicted octanol–water partition coefficient (Wildman–Crippen LogP) is 5.60. The molecule has 2 aromatic carbocycles. The van der Waals surface area contributed by atoms with Gasteiger partial charge in [-0.05, 0) is 62.9 Å². The standard InChI is InChI=1S/C27H31N6O2P/c1-16(2)25-18(4)33(23-12-11-19(13-17(23)3)36(6,7)34)31-26(25)20-9-8-10-22-21(20)15-32(30-22)24-14-28-29-27(24)35-5/h8-16H,1-7H3,(H,28,29). The molecule has 5 rings (SSSR count). The summed E-state index contributed by atoms with van der Waals surface area (Å²) >= 11 is 0. The summed E-state index contributed by atoms with van der Waals surface area (Å²) in [5.74, 6) is 0.814. The molecule has 0 unspecified atom stereocenters. The zero-order valence-electron chi connectivity index (χ0n) is 21.7. The van der Waals surface area contributed by atoms with Gasteiger partial charge in [-0.2, -0.15) is 15.3 Å². The van der Waals surface area contributed by atoms with E-state index in [1.54, 1.807) is 31.3 Å². The molecule has 0 fully saturated rings. The lowest BCUT2D eigenvalue weighted by molar-refractivity contribution is 0.394. The Bertz CT molecular complexity index is 1640. The number of fused-ring (bicyclic) bond motifs is 1. The van der Waals surface area contributed by atoms with Gasteiger partial charge >= 0.3 is 0 Å². The van der Waals surface area contributed by atoms with Gasteiger partial charge in [-0.15, -0.1) is 0 Å². The maximum absolute atomic E-state index is 12.6. The van der Waals surface area contributed by atoms with Crippen LogP contribution < -0.4 is 10.0 Å². The van der Waals surface area contributed by atoms with Crippen molar-refractivity contribution in [2.75, 3.05) is 20.4 Å². The third-order valence-electron chi connectivity index (χ3n) is 6.61. The molecule has 3 heterocycles. The number of nitrogens with one attached hydrogen (secondary N) is 1. The molecule has 0 radical (unpaired) electrons. The lowest BCUT2D eigenvalue weighted by Gasteiger charge is -2.13. The van der Waals surface area contributed by atoms with Crippen molar-refractivity contribution in [2.45, 2.75) is 33.6 Å². The van der Waals surface area contributed by atoms with Crippen molar-refractivity contribution in [2.24, 2.45) is 0 Å². The summed E-state index contributed by atoms with van der Waals surface area (Å²) in [6.45, 7) is 12.2. The molecule has 0 aliphatic carbocycles. The minimum atomic E-state index is -2.34. The van der Waals surface area contributed by atoms with Crippen LogP contribution in [0.25, 0.3) is 33.5 Å². The largest absolute Gasteiger partial charge is 0.480 e. The van der Waals surface area contributed by atoms with Gasteiger partial charge in [0.25, 0.3) is 0 Å². The molecule has 8 nitrogen and oxygen atoms in total. The van der Waals surface area contributed by atoms with Crippen LogP contribution in [0.15, 0.2) is 48.8 Å². The Morgan fingerprint density at radius 1 is 1.06 bits per heavy atom. The van der Waals surface area contributed by atoms with E-state index < -0.39 is 7.14 Å². The average Bonchev–Trinajstić information content (AvgIpc) is 3.54. The van der Waals surface area contributed by atoms with Crippen LogP contribution in [0.5, 0.6) is 5.88 Å². The van der Waals surface area contributed by atoms with E-state index in [-0.39, 0.29) is 5.92 Å². The predicted molar refractivity (Wildman–Crippen MR) is 145 cm³/mol. The molecule has 36 heavy (non-hydrogen) atoms. The van der Waals surface area contributed by atoms with Crippen LogP contribution in [-0.2, 0) is 4.57 Å². The van der Waals surface area contributed by atoms with Crippen LogP contribution in [-0.4, -0.2) is 50.2 Å². The molecule has 0 aliphatic rings. The Morgan fingerprint density at radius 3 is 2.50 bits per heavy atom. The van der Waals surface area contributed by atoms with Crippen molar-refractivity contribution >= 4 is 23.3 Å². The van der Waals surface area contributed by atoms with Crippen molar-refractivity contribution in [3.05, 3.63) is 65.6 Å². The molecule has 1 N–H and O–H groups in total. The molecule has 0 aliphatic heterocycles. The van der Waals surface area contributed by atoms with E-state index in [9.17, 15) is 4.57 Å². The summed E-state index contributed by atoms with van der Waals surface area (Å²) in [6.07, 6.45) is 3.69. The number of aromatic amines is 1. The van der Waals surface area contributed by atoms with Crippen molar-refractivity contribution in [1.29, 1.82) is 0 Å². The number of hydrogen-bond acceptors (Lipinski definition) is 5. The highest BCUT2D eigenvalue weighted by Gasteiger charge is 2.23. The Kier molecular flexibility index (Phi) is 5.87. The van der Waals surface area contributed by atoms with Gasteiger partial charge in [0.05, 0.1) is 30.2 Å². The van der Waals surface area contributed by atoms with Crippen LogP contribution in [0.1, 0.15) is 36.6 Å². The first-order chi connectivity index (χ1) is 17.1. The molecule has 5 aromatic rings. The fourth-order valence-electron chi connectivity index (χ4n) is 4.81. The number of benzene rings is 2. The van der Waals surface area contributed by atoms with Crippen molar-refractivity contribution in [3.63, 3.8) is 0 Å². The summed E-state index contributed by atoms with van der Waals surface area (Å²) in [6, 6.07) is 12.1. The van der Waals surface area contributed by atoms with Gasteiger partial charge in [0.2, 0.25) is 5.88 Å². The molecule has 0 saturated carbocycles. The zero-order chi connectivity index (χ0) is 25.8. The summed E-state index contributed by atoms with van der Waals surface area (Å²) in [5, 5.41) is 18.7. The van der Waals surface area contributed by atoms with Gasteiger partial charge < -0.3 is 9.30 Å². The normalized spacial score (nSPS) is 12.1. The third-order valence-corrected chi connectivity index (χ3v) is 8.13. The number of nitrogens with zero attached hydrogens (tertiary/aromatic N) is 5. The van der Waals surface area contributed by atoms with Crippen molar-refractivity contribution in [3.8, 4) is 28.5 Å². The molecule has 0 atom stereocenters. The van der Waals surface area contributed by atoms with Crippen LogP contribution in [0.3, 0.4) is 0 Å². The van der Waals surface area contributed by atoms with E-state index in [1.165, 1.54) is 5.56 Å². The first kappa shape index (κ1) is 24.1. The fraction of sp³-hybridized carbons (Fsp3) is 0.296. The smallest absolute Gasteiger partial charge is 0.235 e. The van der Waals surface area contributed by atoms with Gasteiger partial charge in [-0.3, -0.25) is 0 Å². The summed E-state index contributed by atoms with van der Waals surface area (Å²) in [4.78, 5) is 0. The number of rotatable bonds is 6. The lowest BCUT2D eigenvalue weighted by atomic mass is 9.95. The molecule has 9 heteroatoms. The third kappa shape index (κ3) is 3.95. The Morgan fingerprint density at radius 2 is 1.83 bits per heavy atom. The van der Waals surface area contributed by atoms with Crippen LogP contribution in [0.2, 0.25) is 0 Å². The monoisotopic (exact) mass is 502 g/mol. The molecule has 0 bridgehead atoms. The number of aryl methyl sites for hydroxylation is 1. The second-order valence-electron chi connectivity index (χ2n) is 9.84. The maximum Gasteiger partial charge on any atom is 0.235 e. The van der Waals surface area contributed by atoms with Crippen LogP contribution in [0.4, 0.5) is 0 Å². The molecule has 186 valence electrons. The number of ether oxygens (including phenoxy) is 1. The summed E-state index contributed by atoms with van der Waals surface area (Å²) < 4.78 is 21.8. The number of methoxy groups -OCH3 is 1. The molecule has 0 saturated heterocycles. The van der Waals surface area contributed by atoms with Crippen LogP contribution >= 0.6 is 7.14 Å². The number of hydrogen-bond donors (Lipinski definition) is 1.